The van der Waals surface area contributed by atoms with Crippen LogP contribution in [-0.2, 0) is 16.0 Å². The molecule has 1 N–H and O–H groups in total. The molecule has 0 radical (unpaired) electrons. The van der Waals surface area contributed by atoms with Gasteiger partial charge in [0.15, 0.2) is 0 Å². The Morgan fingerprint density at radius 1 is 1.12 bits per heavy atom. The Kier molecular flexibility index (Phi) is 6.32. The van der Waals surface area contributed by atoms with Crippen LogP contribution in [-0.4, -0.2) is 61.4 Å². The van der Waals surface area contributed by atoms with Crippen molar-refractivity contribution in [2.24, 2.45) is 0 Å². The SMILES string of the molecule is C=Cc1ccc(CC(=O)NCC(=O)N2CCN(C)CC2)cc1C=C. The average molecular weight is 327 g/mol. The predicted molar refractivity (Wildman–Crippen MR) is 97.4 cm³/mol. The minimum absolute atomic E-state index is 0.0229. The van der Waals surface area contributed by atoms with E-state index in [4.69, 9.17) is 0 Å². The third-order valence-corrected chi connectivity index (χ3v) is 4.25. The maximum absolute atomic E-state index is 12.1. The van der Waals surface area contributed by atoms with Gasteiger partial charge in [0.2, 0.25) is 11.8 Å². The van der Waals surface area contributed by atoms with Gasteiger partial charge in [-0.1, -0.05) is 43.5 Å². The number of carbonyl (C=O) groups is 2. The van der Waals surface area contributed by atoms with Gasteiger partial charge in [-0.2, -0.15) is 0 Å². The average Bonchev–Trinajstić information content (AvgIpc) is 2.60. The molecule has 1 saturated heterocycles. The van der Waals surface area contributed by atoms with Gasteiger partial charge < -0.3 is 15.1 Å². The molecule has 0 bridgehead atoms. The van der Waals surface area contributed by atoms with Gasteiger partial charge in [-0.15, -0.1) is 0 Å². The lowest BCUT2D eigenvalue weighted by Gasteiger charge is -2.32. The molecule has 0 saturated carbocycles. The zero-order valence-electron chi connectivity index (χ0n) is 14.3. The largest absolute Gasteiger partial charge is 0.347 e. The number of rotatable bonds is 6. The Labute approximate surface area is 143 Å². The van der Waals surface area contributed by atoms with Gasteiger partial charge in [0.1, 0.15) is 0 Å². The number of likely N-dealkylation sites (N-methyl/N-ethyl adjacent to an activating group) is 1. The number of benzene rings is 1. The zero-order valence-corrected chi connectivity index (χ0v) is 14.3. The quantitative estimate of drug-likeness (QED) is 0.859. The van der Waals surface area contributed by atoms with Gasteiger partial charge in [-0.05, 0) is 23.7 Å². The number of carbonyl (C=O) groups excluding carboxylic acids is 2. The van der Waals surface area contributed by atoms with E-state index in [1.54, 1.807) is 17.1 Å². The van der Waals surface area contributed by atoms with Crippen molar-refractivity contribution in [1.82, 2.24) is 15.1 Å². The fourth-order valence-corrected chi connectivity index (χ4v) is 2.69. The van der Waals surface area contributed by atoms with E-state index in [9.17, 15) is 9.59 Å². The molecule has 2 rings (SSSR count). The van der Waals surface area contributed by atoms with Crippen molar-refractivity contribution in [2.75, 3.05) is 39.8 Å². The molecule has 0 atom stereocenters. The van der Waals surface area contributed by atoms with E-state index in [1.165, 1.54) is 0 Å². The normalized spacial score (nSPS) is 15.0. The van der Waals surface area contributed by atoms with Crippen LogP contribution in [0.25, 0.3) is 12.2 Å². The first-order valence-electron chi connectivity index (χ1n) is 8.14. The van der Waals surface area contributed by atoms with E-state index < -0.39 is 0 Å². The molecule has 0 spiro atoms. The Bertz CT molecular complexity index is 631. The summed E-state index contributed by atoms with van der Waals surface area (Å²) >= 11 is 0. The minimum Gasteiger partial charge on any atom is -0.347 e. The number of hydrogen-bond acceptors (Lipinski definition) is 3. The maximum Gasteiger partial charge on any atom is 0.242 e. The third-order valence-electron chi connectivity index (χ3n) is 4.25. The summed E-state index contributed by atoms with van der Waals surface area (Å²) in [4.78, 5) is 28.2. The van der Waals surface area contributed by atoms with Crippen LogP contribution in [0.5, 0.6) is 0 Å². The Morgan fingerprint density at radius 2 is 1.79 bits per heavy atom. The lowest BCUT2D eigenvalue weighted by molar-refractivity contribution is -0.134. The van der Waals surface area contributed by atoms with E-state index in [1.807, 2.05) is 25.2 Å². The molecular weight excluding hydrogens is 302 g/mol. The summed E-state index contributed by atoms with van der Waals surface area (Å²) in [6, 6.07) is 5.74. The molecule has 0 aromatic heterocycles. The van der Waals surface area contributed by atoms with Crippen molar-refractivity contribution in [3.8, 4) is 0 Å². The third kappa shape index (κ3) is 4.80. The van der Waals surface area contributed by atoms with E-state index in [0.717, 1.165) is 42.9 Å². The molecular formula is C19H25N3O2. The molecule has 1 aromatic carbocycles. The molecule has 5 heteroatoms. The second kappa shape index (κ2) is 8.45. The van der Waals surface area contributed by atoms with Gasteiger partial charge in [0, 0.05) is 26.2 Å². The van der Waals surface area contributed by atoms with E-state index in [-0.39, 0.29) is 24.8 Å². The van der Waals surface area contributed by atoms with Gasteiger partial charge in [-0.25, -0.2) is 0 Å². The first-order chi connectivity index (χ1) is 11.5. The molecule has 128 valence electrons. The van der Waals surface area contributed by atoms with Gasteiger partial charge in [0.05, 0.1) is 13.0 Å². The maximum atomic E-state index is 12.1. The molecule has 1 heterocycles. The highest BCUT2D eigenvalue weighted by Gasteiger charge is 2.19. The summed E-state index contributed by atoms with van der Waals surface area (Å²) in [5, 5.41) is 2.72. The van der Waals surface area contributed by atoms with Gasteiger partial charge in [0.25, 0.3) is 0 Å². The van der Waals surface area contributed by atoms with E-state index in [2.05, 4.69) is 23.4 Å². The number of amides is 2. The molecule has 0 unspecified atom stereocenters. The Hall–Kier alpha value is -2.40. The van der Waals surface area contributed by atoms with Crippen LogP contribution in [0.2, 0.25) is 0 Å². The molecule has 1 aromatic rings. The summed E-state index contributed by atoms with van der Waals surface area (Å²) < 4.78 is 0. The van der Waals surface area contributed by atoms with Crippen molar-refractivity contribution in [3.63, 3.8) is 0 Å². The number of hydrogen-bond donors (Lipinski definition) is 1. The fraction of sp³-hybridized carbons (Fsp3) is 0.368. The van der Waals surface area contributed by atoms with Crippen molar-refractivity contribution < 1.29 is 9.59 Å². The molecule has 1 aliphatic heterocycles. The number of nitrogens with one attached hydrogen (secondary N) is 1. The molecule has 5 nitrogen and oxygen atoms in total. The zero-order chi connectivity index (χ0) is 17.5. The molecule has 1 aliphatic rings. The van der Waals surface area contributed by atoms with Gasteiger partial charge >= 0.3 is 0 Å². The first-order valence-corrected chi connectivity index (χ1v) is 8.14. The summed E-state index contributed by atoms with van der Waals surface area (Å²) in [6.07, 6.45) is 3.75. The predicted octanol–water partition coefficient (Wildman–Crippen LogP) is 1.41. The van der Waals surface area contributed by atoms with Crippen LogP contribution in [0.1, 0.15) is 16.7 Å². The second-order valence-electron chi connectivity index (χ2n) is 6.01. The monoisotopic (exact) mass is 327 g/mol. The first kappa shape index (κ1) is 17.9. The highest BCUT2D eigenvalue weighted by Crippen LogP contribution is 2.15. The second-order valence-corrected chi connectivity index (χ2v) is 6.01. The summed E-state index contributed by atoms with van der Waals surface area (Å²) in [5.74, 6) is -0.177. The van der Waals surface area contributed by atoms with Crippen molar-refractivity contribution in [3.05, 3.63) is 48.0 Å². The van der Waals surface area contributed by atoms with Crippen LogP contribution in [0.3, 0.4) is 0 Å². The summed E-state index contributed by atoms with van der Waals surface area (Å²) in [5.41, 5.74) is 2.82. The van der Waals surface area contributed by atoms with Crippen LogP contribution in [0.15, 0.2) is 31.4 Å². The van der Waals surface area contributed by atoms with E-state index >= 15 is 0 Å². The lowest BCUT2D eigenvalue weighted by atomic mass is 10.0. The standard InChI is InChI=1S/C19H25N3O2/c1-4-16-7-6-15(12-17(16)5-2)13-18(23)20-14-19(24)22-10-8-21(3)9-11-22/h4-7,12H,1-2,8-11,13-14H2,3H3,(H,20,23). The summed E-state index contributed by atoms with van der Waals surface area (Å²) in [6.45, 7) is 10.8. The lowest BCUT2D eigenvalue weighted by Crippen LogP contribution is -2.50. The highest BCUT2D eigenvalue weighted by atomic mass is 16.2. The topological polar surface area (TPSA) is 52.7 Å². The number of nitrogens with zero attached hydrogens (tertiary/aromatic N) is 2. The van der Waals surface area contributed by atoms with Crippen molar-refractivity contribution in [1.29, 1.82) is 0 Å². The number of piperazine rings is 1. The van der Waals surface area contributed by atoms with Crippen LogP contribution >= 0.6 is 0 Å². The Morgan fingerprint density at radius 3 is 2.42 bits per heavy atom. The molecule has 2 amide bonds. The molecule has 24 heavy (non-hydrogen) atoms. The smallest absolute Gasteiger partial charge is 0.242 e. The van der Waals surface area contributed by atoms with Crippen LogP contribution < -0.4 is 5.32 Å². The highest BCUT2D eigenvalue weighted by molar-refractivity contribution is 5.86. The van der Waals surface area contributed by atoms with Gasteiger partial charge in [-0.3, -0.25) is 9.59 Å². The van der Waals surface area contributed by atoms with Crippen LogP contribution in [0.4, 0.5) is 0 Å². The van der Waals surface area contributed by atoms with Crippen LogP contribution in [0, 0.1) is 0 Å². The minimum atomic E-state index is -0.154. The fourth-order valence-electron chi connectivity index (χ4n) is 2.69. The summed E-state index contributed by atoms with van der Waals surface area (Å²) in [7, 11) is 2.04. The molecule has 1 fully saturated rings. The molecule has 0 aliphatic carbocycles. The van der Waals surface area contributed by atoms with E-state index in [0.29, 0.717) is 0 Å². The van der Waals surface area contributed by atoms with Crippen molar-refractivity contribution >= 4 is 24.0 Å². The van der Waals surface area contributed by atoms with Crippen molar-refractivity contribution in [2.45, 2.75) is 6.42 Å². The Balaban J connectivity index is 1.84.